The minimum Gasteiger partial charge on any atom is -0.492 e. The number of ether oxygens (including phenoxy) is 1. The smallest absolute Gasteiger partial charge is 0.264 e. The van der Waals surface area contributed by atoms with Crippen LogP contribution in [0.1, 0.15) is 38.3 Å². The SMILES string of the molecule is CCOc1ccccc1N(CC(=O)N(Cc1cccc(Br)c1)C(Cc1ccccc1)C(=O)NC(C)CC)S(=O)(=O)c1ccc(SC)cc1. The van der Waals surface area contributed by atoms with E-state index in [-0.39, 0.29) is 35.5 Å². The van der Waals surface area contributed by atoms with Crippen molar-refractivity contribution >= 4 is 55.2 Å². The number of hydrogen-bond donors (Lipinski definition) is 1. The fourth-order valence-corrected chi connectivity index (χ4v) is 7.44. The number of nitrogens with one attached hydrogen (secondary N) is 1. The molecule has 4 rings (SSSR count). The van der Waals surface area contributed by atoms with Crippen LogP contribution in [0.25, 0.3) is 0 Å². The van der Waals surface area contributed by atoms with Gasteiger partial charge in [0, 0.05) is 28.4 Å². The fraction of sp³-hybridized carbons (Fsp3) is 0.297. The number of amides is 2. The number of carbonyl (C=O) groups is 2. The maximum atomic E-state index is 14.7. The molecule has 1 N–H and O–H groups in total. The molecule has 11 heteroatoms. The molecule has 0 radical (unpaired) electrons. The normalized spacial score (nSPS) is 12.5. The Balaban J connectivity index is 1.85. The van der Waals surface area contributed by atoms with E-state index >= 15 is 0 Å². The number of hydrogen-bond acceptors (Lipinski definition) is 6. The molecule has 254 valence electrons. The van der Waals surface area contributed by atoms with Crippen LogP contribution in [-0.4, -0.2) is 56.6 Å². The third-order valence-corrected chi connectivity index (χ3v) is 10.9. The van der Waals surface area contributed by atoms with Gasteiger partial charge in [0.2, 0.25) is 11.8 Å². The number of halogens is 1. The van der Waals surface area contributed by atoms with Gasteiger partial charge in [-0.05, 0) is 86.2 Å². The molecule has 2 unspecified atom stereocenters. The van der Waals surface area contributed by atoms with Crippen LogP contribution in [0.2, 0.25) is 0 Å². The Hall–Kier alpha value is -3.80. The summed E-state index contributed by atoms with van der Waals surface area (Å²) in [5.74, 6) is -0.523. The fourth-order valence-electron chi connectivity index (χ4n) is 5.16. The zero-order valence-electron chi connectivity index (χ0n) is 27.6. The van der Waals surface area contributed by atoms with Gasteiger partial charge in [-0.2, -0.15) is 0 Å². The van der Waals surface area contributed by atoms with E-state index < -0.39 is 28.5 Å². The topological polar surface area (TPSA) is 96.0 Å². The van der Waals surface area contributed by atoms with Gasteiger partial charge < -0.3 is 15.0 Å². The number of anilines is 1. The van der Waals surface area contributed by atoms with E-state index in [9.17, 15) is 18.0 Å². The predicted octanol–water partition coefficient (Wildman–Crippen LogP) is 7.32. The highest BCUT2D eigenvalue weighted by Gasteiger charge is 2.36. The first kappa shape index (κ1) is 37.0. The van der Waals surface area contributed by atoms with E-state index in [1.165, 1.54) is 16.7 Å². The van der Waals surface area contributed by atoms with Crippen molar-refractivity contribution in [2.75, 3.05) is 23.7 Å². The Bertz CT molecular complexity index is 1770. The molecule has 0 bridgehead atoms. The van der Waals surface area contributed by atoms with E-state index in [4.69, 9.17) is 4.74 Å². The molecule has 2 atom stereocenters. The van der Waals surface area contributed by atoms with Gasteiger partial charge >= 0.3 is 0 Å². The van der Waals surface area contributed by atoms with Gasteiger partial charge in [0.1, 0.15) is 18.3 Å². The van der Waals surface area contributed by atoms with E-state index in [0.717, 1.165) is 24.8 Å². The minimum absolute atomic E-state index is 0.0355. The first-order valence-corrected chi connectivity index (χ1v) is 19.3. The summed E-state index contributed by atoms with van der Waals surface area (Å²) in [6.07, 6.45) is 2.86. The highest BCUT2D eigenvalue weighted by molar-refractivity contribution is 9.10. The molecule has 4 aromatic carbocycles. The van der Waals surface area contributed by atoms with Gasteiger partial charge in [-0.1, -0.05) is 77.5 Å². The molecule has 0 saturated heterocycles. The van der Waals surface area contributed by atoms with Crippen molar-refractivity contribution in [1.29, 1.82) is 0 Å². The van der Waals surface area contributed by atoms with Crippen molar-refractivity contribution in [2.45, 2.75) is 62.0 Å². The van der Waals surface area contributed by atoms with Gasteiger partial charge in [0.05, 0.1) is 17.2 Å². The predicted molar refractivity (Wildman–Crippen MR) is 197 cm³/mol. The molecule has 0 aliphatic heterocycles. The summed E-state index contributed by atoms with van der Waals surface area (Å²) in [5, 5.41) is 3.06. The standard InChI is InChI=1S/C37H42BrN3O5S2/c1-5-27(3)39-37(43)34(24-28-13-8-7-9-14-28)40(25-29-15-12-16-30(38)23-29)36(42)26-41(33-17-10-11-18-35(33)46-6-2)48(44,45)32-21-19-31(47-4)20-22-32/h7-23,27,34H,5-6,24-26H2,1-4H3,(H,39,43). The van der Waals surface area contributed by atoms with Crippen molar-refractivity contribution < 1.29 is 22.7 Å². The van der Waals surface area contributed by atoms with Crippen LogP contribution >= 0.6 is 27.7 Å². The van der Waals surface area contributed by atoms with E-state index in [1.54, 1.807) is 48.5 Å². The van der Waals surface area contributed by atoms with Crippen molar-refractivity contribution in [3.63, 3.8) is 0 Å². The number of carbonyl (C=O) groups excluding carboxylic acids is 2. The van der Waals surface area contributed by atoms with E-state index in [2.05, 4.69) is 21.2 Å². The van der Waals surface area contributed by atoms with Crippen molar-refractivity contribution in [3.8, 4) is 5.75 Å². The summed E-state index contributed by atoms with van der Waals surface area (Å²) in [7, 11) is -4.27. The van der Waals surface area contributed by atoms with Crippen LogP contribution in [0, 0.1) is 0 Å². The van der Waals surface area contributed by atoms with Crippen LogP contribution in [0.15, 0.2) is 117 Å². The monoisotopic (exact) mass is 751 g/mol. The molecule has 0 saturated carbocycles. The number of sulfonamides is 1. The Morgan fingerprint density at radius 3 is 2.21 bits per heavy atom. The maximum absolute atomic E-state index is 14.7. The van der Waals surface area contributed by atoms with Crippen LogP contribution in [0.5, 0.6) is 5.75 Å². The van der Waals surface area contributed by atoms with Crippen molar-refractivity contribution in [1.82, 2.24) is 10.2 Å². The highest BCUT2D eigenvalue weighted by Crippen LogP contribution is 2.33. The maximum Gasteiger partial charge on any atom is 0.264 e. The molecule has 0 aromatic heterocycles. The third-order valence-electron chi connectivity index (χ3n) is 7.87. The summed E-state index contributed by atoms with van der Waals surface area (Å²) < 4.78 is 36.6. The van der Waals surface area contributed by atoms with Gasteiger partial charge in [0.15, 0.2) is 0 Å². The number of para-hydroxylation sites is 2. The Morgan fingerprint density at radius 1 is 0.896 bits per heavy atom. The molecule has 8 nitrogen and oxygen atoms in total. The van der Waals surface area contributed by atoms with Gasteiger partial charge in [-0.25, -0.2) is 8.42 Å². The average Bonchev–Trinajstić information content (AvgIpc) is 3.09. The van der Waals surface area contributed by atoms with Crippen LogP contribution in [0.4, 0.5) is 5.69 Å². The Morgan fingerprint density at radius 2 is 1.56 bits per heavy atom. The van der Waals surface area contributed by atoms with Crippen LogP contribution in [0.3, 0.4) is 0 Å². The zero-order valence-corrected chi connectivity index (χ0v) is 30.9. The molecule has 0 aliphatic carbocycles. The van der Waals surface area contributed by atoms with E-state index in [1.807, 2.05) is 81.6 Å². The minimum atomic E-state index is -4.27. The number of nitrogens with zero attached hydrogens (tertiary/aromatic N) is 2. The molecule has 2 amide bonds. The summed E-state index contributed by atoms with van der Waals surface area (Å²) in [5.41, 5.74) is 1.88. The van der Waals surface area contributed by atoms with Gasteiger partial charge in [-0.3, -0.25) is 13.9 Å². The first-order chi connectivity index (χ1) is 23.1. The average molecular weight is 753 g/mol. The zero-order chi connectivity index (χ0) is 34.7. The molecule has 0 aliphatic rings. The number of thioether (sulfide) groups is 1. The molecular weight excluding hydrogens is 710 g/mol. The summed E-state index contributed by atoms with van der Waals surface area (Å²) >= 11 is 5.02. The Kier molecular flexibility index (Phi) is 13.5. The molecule has 48 heavy (non-hydrogen) atoms. The summed E-state index contributed by atoms with van der Waals surface area (Å²) in [6.45, 7) is 5.52. The molecular formula is C37H42BrN3O5S2. The second-order valence-electron chi connectivity index (χ2n) is 11.3. The largest absolute Gasteiger partial charge is 0.492 e. The molecule has 0 fully saturated rings. The highest BCUT2D eigenvalue weighted by atomic mass is 79.9. The number of rotatable bonds is 16. The lowest BCUT2D eigenvalue weighted by molar-refractivity contribution is -0.140. The Labute approximate surface area is 297 Å². The summed E-state index contributed by atoms with van der Waals surface area (Å²) in [4.78, 5) is 31.2. The molecule has 0 heterocycles. The number of benzene rings is 4. The lowest BCUT2D eigenvalue weighted by Gasteiger charge is -2.34. The second kappa shape index (κ2) is 17.6. The quantitative estimate of drug-likeness (QED) is 0.121. The van der Waals surface area contributed by atoms with Gasteiger partial charge in [-0.15, -0.1) is 11.8 Å². The molecule has 0 spiro atoms. The molecule has 4 aromatic rings. The lowest BCUT2D eigenvalue weighted by Crippen LogP contribution is -2.54. The van der Waals surface area contributed by atoms with Crippen molar-refractivity contribution in [3.05, 3.63) is 119 Å². The lowest BCUT2D eigenvalue weighted by atomic mass is 10.0. The van der Waals surface area contributed by atoms with Crippen molar-refractivity contribution in [2.24, 2.45) is 0 Å². The van der Waals surface area contributed by atoms with Crippen LogP contribution < -0.4 is 14.4 Å². The van der Waals surface area contributed by atoms with Crippen LogP contribution in [-0.2, 0) is 32.6 Å². The first-order valence-electron chi connectivity index (χ1n) is 15.8. The van der Waals surface area contributed by atoms with Gasteiger partial charge in [0.25, 0.3) is 10.0 Å². The third kappa shape index (κ3) is 9.64. The second-order valence-corrected chi connectivity index (χ2v) is 14.9. The van der Waals surface area contributed by atoms with E-state index in [0.29, 0.717) is 18.8 Å². The summed E-state index contributed by atoms with van der Waals surface area (Å²) in [6, 6.07) is 29.3.